The van der Waals surface area contributed by atoms with Crippen LogP contribution in [0.3, 0.4) is 0 Å². The van der Waals surface area contributed by atoms with Crippen LogP contribution in [0.5, 0.6) is 0 Å². The van der Waals surface area contributed by atoms with Crippen molar-refractivity contribution >= 4 is 35.6 Å². The molecule has 0 radical (unpaired) electrons. The molecule has 3 unspecified atom stereocenters. The van der Waals surface area contributed by atoms with Crippen molar-refractivity contribution in [3.05, 3.63) is 97.1 Å². The molecule has 3 atom stereocenters. The van der Waals surface area contributed by atoms with Crippen molar-refractivity contribution in [2.24, 2.45) is 5.92 Å². The molecule has 0 aliphatic heterocycles. The number of benzene rings is 2. The summed E-state index contributed by atoms with van der Waals surface area (Å²) in [6, 6.07) is 17.4. The van der Waals surface area contributed by atoms with Gasteiger partial charge in [0.25, 0.3) is 0 Å². The lowest BCUT2D eigenvalue weighted by molar-refractivity contribution is -0.147. The largest absolute Gasteiger partial charge is 0.462 e. The molecular weight excluding hydrogens is 618 g/mol. The highest BCUT2D eigenvalue weighted by Crippen LogP contribution is 2.29. The summed E-state index contributed by atoms with van der Waals surface area (Å²) in [6.45, 7) is 7.18. The van der Waals surface area contributed by atoms with Crippen molar-refractivity contribution in [2.75, 3.05) is 19.0 Å². The zero-order valence-corrected chi connectivity index (χ0v) is 27.7. The summed E-state index contributed by atoms with van der Waals surface area (Å²) in [5.41, 5.74) is 1.27. The maximum absolute atomic E-state index is 13.5. The van der Waals surface area contributed by atoms with E-state index in [1.54, 1.807) is 17.8 Å². The molecule has 254 valence electrons. The van der Waals surface area contributed by atoms with Gasteiger partial charge in [-0.05, 0) is 36.8 Å². The van der Waals surface area contributed by atoms with E-state index in [1.807, 2.05) is 60.7 Å². The number of allylic oxidation sites excluding steroid dienone is 1. The molecule has 1 aliphatic rings. The van der Waals surface area contributed by atoms with Gasteiger partial charge in [0, 0.05) is 17.9 Å². The van der Waals surface area contributed by atoms with Crippen molar-refractivity contribution in [1.82, 2.24) is 16.0 Å². The van der Waals surface area contributed by atoms with Crippen LogP contribution in [-0.2, 0) is 36.2 Å². The number of carbonyl (C=O) groups is 4. The van der Waals surface area contributed by atoms with E-state index < -0.39 is 35.6 Å². The SMILES string of the molecule is C=CCC(CC(=O)NC1(CO)CCCC1)C(=O)NC(COC(=O)C(CC=C)NC(=O)OCc1ccccc1)CSCc1ccccc1. The highest BCUT2D eigenvalue weighted by Gasteiger charge is 2.35. The Morgan fingerprint density at radius 3 is 2.15 bits per heavy atom. The van der Waals surface area contributed by atoms with Crippen LogP contribution in [0.1, 0.15) is 56.1 Å². The van der Waals surface area contributed by atoms with Gasteiger partial charge in [0.15, 0.2) is 0 Å². The fraction of sp³-hybridized carbons (Fsp3) is 0.444. The number of esters is 1. The fourth-order valence-electron chi connectivity index (χ4n) is 5.34. The zero-order valence-electron chi connectivity index (χ0n) is 26.9. The second-order valence-electron chi connectivity index (χ2n) is 11.7. The van der Waals surface area contributed by atoms with Gasteiger partial charge in [0.2, 0.25) is 11.8 Å². The third kappa shape index (κ3) is 13.3. The molecule has 3 amide bonds. The van der Waals surface area contributed by atoms with Crippen LogP contribution in [0.4, 0.5) is 4.79 Å². The number of rotatable bonds is 20. The molecule has 10 nitrogen and oxygen atoms in total. The standard InChI is InChI=1S/C36H47N3O7S/c1-3-13-29(21-32(41)39-36(26-40)19-11-12-20-36)33(42)37-30(25-47-24-28-17-9-6-10-18-28)23-45-34(43)31(14-4-2)38-35(44)46-22-27-15-7-5-8-16-27/h3-10,15-18,29-31,40H,1-2,11-14,19-26H2,(H,37,42)(H,38,44)(H,39,41). The Morgan fingerprint density at radius 1 is 0.894 bits per heavy atom. The van der Waals surface area contributed by atoms with Gasteiger partial charge in [-0.1, -0.05) is 85.7 Å². The number of carbonyl (C=O) groups excluding carboxylic acids is 4. The first-order valence-corrected chi connectivity index (χ1v) is 17.1. The average Bonchev–Trinajstić information content (AvgIpc) is 3.55. The van der Waals surface area contributed by atoms with Crippen LogP contribution >= 0.6 is 11.8 Å². The van der Waals surface area contributed by atoms with Gasteiger partial charge in [0.1, 0.15) is 19.3 Å². The van der Waals surface area contributed by atoms with Crippen LogP contribution < -0.4 is 16.0 Å². The van der Waals surface area contributed by atoms with Crippen molar-refractivity contribution in [3.63, 3.8) is 0 Å². The van der Waals surface area contributed by atoms with Gasteiger partial charge in [-0.15, -0.1) is 13.2 Å². The third-order valence-electron chi connectivity index (χ3n) is 7.92. The summed E-state index contributed by atoms with van der Waals surface area (Å²) >= 11 is 1.57. The Labute approximate surface area is 281 Å². The minimum atomic E-state index is -1.03. The monoisotopic (exact) mass is 665 g/mol. The van der Waals surface area contributed by atoms with Crippen molar-refractivity contribution in [2.45, 2.75) is 74.9 Å². The minimum Gasteiger partial charge on any atom is -0.462 e. The number of thioether (sulfide) groups is 1. The van der Waals surface area contributed by atoms with Gasteiger partial charge in [-0.25, -0.2) is 9.59 Å². The predicted octanol–water partition coefficient (Wildman–Crippen LogP) is 4.82. The molecule has 3 rings (SSSR count). The smallest absolute Gasteiger partial charge is 0.408 e. The number of hydrogen-bond acceptors (Lipinski definition) is 8. The molecule has 0 spiro atoms. The second kappa shape index (κ2) is 20.2. The second-order valence-corrected chi connectivity index (χ2v) is 12.8. The molecule has 1 aliphatic carbocycles. The molecule has 1 saturated carbocycles. The van der Waals surface area contributed by atoms with E-state index in [-0.39, 0.29) is 50.9 Å². The Hall–Kier alpha value is -4.09. The maximum Gasteiger partial charge on any atom is 0.408 e. The summed E-state index contributed by atoms with van der Waals surface area (Å²) in [6.07, 6.45) is 5.89. The topological polar surface area (TPSA) is 143 Å². The molecule has 47 heavy (non-hydrogen) atoms. The molecule has 1 fully saturated rings. The molecule has 0 aromatic heterocycles. The number of amides is 3. The summed E-state index contributed by atoms with van der Waals surface area (Å²) in [7, 11) is 0. The van der Waals surface area contributed by atoms with E-state index >= 15 is 0 Å². The van der Waals surface area contributed by atoms with Crippen LogP contribution in [0.15, 0.2) is 86.0 Å². The number of hydrogen-bond donors (Lipinski definition) is 4. The number of alkyl carbamates (subject to hydrolysis) is 1. The third-order valence-corrected chi connectivity index (χ3v) is 9.09. The Balaban J connectivity index is 1.61. The Bertz CT molecular complexity index is 1300. The Kier molecular flexibility index (Phi) is 16.1. The van der Waals surface area contributed by atoms with Crippen LogP contribution in [-0.4, -0.2) is 65.6 Å². The van der Waals surface area contributed by atoms with Gasteiger partial charge >= 0.3 is 12.1 Å². The van der Waals surface area contributed by atoms with Crippen molar-refractivity contribution in [3.8, 4) is 0 Å². The van der Waals surface area contributed by atoms with Crippen molar-refractivity contribution in [1.29, 1.82) is 0 Å². The lowest BCUT2D eigenvalue weighted by Gasteiger charge is -2.29. The Morgan fingerprint density at radius 2 is 1.53 bits per heavy atom. The van der Waals surface area contributed by atoms with Gasteiger partial charge < -0.3 is 30.5 Å². The molecule has 11 heteroatoms. The highest BCUT2D eigenvalue weighted by molar-refractivity contribution is 7.98. The average molecular weight is 666 g/mol. The molecule has 2 aromatic rings. The molecule has 0 saturated heterocycles. The first-order chi connectivity index (χ1) is 22.8. The van der Waals surface area contributed by atoms with E-state index in [1.165, 1.54) is 6.08 Å². The predicted molar refractivity (Wildman–Crippen MR) is 183 cm³/mol. The van der Waals surface area contributed by atoms with E-state index in [0.29, 0.717) is 24.3 Å². The molecule has 0 heterocycles. The summed E-state index contributed by atoms with van der Waals surface area (Å²) in [5.74, 6) is -0.958. The first-order valence-electron chi connectivity index (χ1n) is 16.0. The van der Waals surface area contributed by atoms with E-state index in [9.17, 15) is 24.3 Å². The number of nitrogens with one attached hydrogen (secondary N) is 3. The normalized spacial score (nSPS) is 15.3. The number of aliphatic hydroxyl groups is 1. The van der Waals surface area contributed by atoms with Crippen LogP contribution in [0.2, 0.25) is 0 Å². The summed E-state index contributed by atoms with van der Waals surface area (Å²) in [5, 5.41) is 18.4. The first kappa shape index (κ1) is 37.4. The number of ether oxygens (including phenoxy) is 2. The minimum absolute atomic E-state index is 0.0418. The van der Waals surface area contributed by atoms with Crippen LogP contribution in [0.25, 0.3) is 0 Å². The maximum atomic E-state index is 13.5. The van der Waals surface area contributed by atoms with Gasteiger partial charge in [-0.3, -0.25) is 9.59 Å². The van der Waals surface area contributed by atoms with Gasteiger partial charge in [-0.2, -0.15) is 11.8 Å². The molecule has 2 aromatic carbocycles. The summed E-state index contributed by atoms with van der Waals surface area (Å²) < 4.78 is 10.9. The lowest BCUT2D eigenvalue weighted by Crippen LogP contribution is -2.50. The molecule has 0 bridgehead atoms. The molecular formula is C36H47N3O7S. The quantitative estimate of drug-likeness (QED) is 0.117. The van der Waals surface area contributed by atoms with Crippen LogP contribution in [0, 0.1) is 5.92 Å². The number of aliphatic hydroxyl groups excluding tert-OH is 1. The highest BCUT2D eigenvalue weighted by atomic mass is 32.2. The zero-order chi connectivity index (χ0) is 33.9. The molecule has 4 N–H and O–H groups in total. The van der Waals surface area contributed by atoms with Gasteiger partial charge in [0.05, 0.1) is 24.1 Å². The fourth-order valence-corrected chi connectivity index (χ4v) is 6.35. The van der Waals surface area contributed by atoms with Crippen molar-refractivity contribution < 1.29 is 33.8 Å². The van der Waals surface area contributed by atoms with E-state index in [2.05, 4.69) is 29.1 Å². The summed E-state index contributed by atoms with van der Waals surface area (Å²) in [4.78, 5) is 52.0. The van der Waals surface area contributed by atoms with E-state index in [4.69, 9.17) is 9.47 Å². The lowest BCUT2D eigenvalue weighted by atomic mass is 9.95. The van der Waals surface area contributed by atoms with E-state index in [0.717, 1.165) is 24.0 Å².